The molecule has 35 heavy (non-hydrogen) atoms. The Bertz CT molecular complexity index is 1270. The second-order valence-corrected chi connectivity index (χ2v) is 8.98. The second kappa shape index (κ2) is 9.36. The van der Waals surface area contributed by atoms with Gasteiger partial charge in [0.25, 0.3) is 5.91 Å². The molecule has 2 fully saturated rings. The first kappa shape index (κ1) is 22.8. The van der Waals surface area contributed by atoms with Crippen LogP contribution in [0.4, 0.5) is 21.6 Å². The maximum Gasteiger partial charge on any atom is 0.252 e. The van der Waals surface area contributed by atoms with E-state index >= 15 is 0 Å². The first-order valence-corrected chi connectivity index (χ1v) is 11.7. The van der Waals surface area contributed by atoms with Gasteiger partial charge in [-0.3, -0.25) is 14.3 Å². The summed E-state index contributed by atoms with van der Waals surface area (Å²) in [5.74, 6) is 0.103. The van der Waals surface area contributed by atoms with Crippen LogP contribution in [0.5, 0.6) is 5.75 Å². The van der Waals surface area contributed by atoms with Crippen LogP contribution >= 0.6 is 0 Å². The predicted octanol–water partition coefficient (Wildman–Crippen LogP) is 4.21. The molecule has 2 saturated carbocycles. The maximum absolute atomic E-state index is 14.2. The summed E-state index contributed by atoms with van der Waals surface area (Å²) in [6.45, 7) is 0. The van der Waals surface area contributed by atoms with Crippen molar-refractivity contribution in [1.29, 1.82) is 0 Å². The van der Waals surface area contributed by atoms with Crippen molar-refractivity contribution >= 4 is 29.0 Å². The Morgan fingerprint density at radius 3 is 2.69 bits per heavy atom. The Hall–Kier alpha value is -3.95. The first-order valence-electron chi connectivity index (χ1n) is 11.7. The third-order valence-electron chi connectivity index (χ3n) is 6.51. The van der Waals surface area contributed by atoms with Gasteiger partial charge in [0.15, 0.2) is 0 Å². The van der Waals surface area contributed by atoms with E-state index in [0.717, 1.165) is 36.8 Å². The number of ether oxygens (including phenoxy) is 1. The van der Waals surface area contributed by atoms with Gasteiger partial charge in [-0.2, -0.15) is 5.10 Å². The Labute approximate surface area is 201 Å². The number of carbonyl (C=O) groups excluding carboxylic acids is 2. The molecule has 4 N–H and O–H groups in total. The largest absolute Gasteiger partial charge is 0.494 e. The average molecular weight is 479 g/mol. The molecule has 2 aliphatic carbocycles. The summed E-state index contributed by atoms with van der Waals surface area (Å²) >= 11 is 0. The number of halogens is 1. The quantitative estimate of drug-likeness (QED) is 0.446. The monoisotopic (exact) mass is 478 g/mol. The molecule has 2 heterocycles. The molecular formula is C25H27FN6O3. The van der Waals surface area contributed by atoms with E-state index in [1.165, 1.54) is 6.20 Å². The van der Waals surface area contributed by atoms with Crippen molar-refractivity contribution in [3.8, 4) is 16.9 Å². The number of anilines is 3. The molecule has 9 nitrogen and oxygen atoms in total. The summed E-state index contributed by atoms with van der Waals surface area (Å²) in [5.41, 5.74) is 8.24. The van der Waals surface area contributed by atoms with Crippen molar-refractivity contribution in [3.63, 3.8) is 0 Å². The number of amides is 2. The fourth-order valence-electron chi connectivity index (χ4n) is 4.48. The van der Waals surface area contributed by atoms with E-state index < -0.39 is 12.1 Å². The highest BCUT2D eigenvalue weighted by atomic mass is 19.1. The minimum absolute atomic E-state index is 0.0126. The van der Waals surface area contributed by atoms with E-state index in [1.807, 2.05) is 18.3 Å². The fraction of sp³-hybridized carbons (Fsp3) is 0.360. The van der Waals surface area contributed by atoms with Crippen LogP contribution in [0.25, 0.3) is 11.1 Å². The molecule has 1 aromatic carbocycles. The maximum atomic E-state index is 14.2. The van der Waals surface area contributed by atoms with Crippen LogP contribution < -0.4 is 21.1 Å². The number of hydrogen-bond donors (Lipinski definition) is 3. The average Bonchev–Trinajstić information content (AvgIpc) is 3.44. The minimum Gasteiger partial charge on any atom is -0.494 e. The lowest BCUT2D eigenvalue weighted by Gasteiger charge is -2.17. The van der Waals surface area contributed by atoms with Crippen LogP contribution in [0.2, 0.25) is 0 Å². The number of aromatic nitrogens is 3. The molecule has 2 aliphatic rings. The zero-order chi connectivity index (χ0) is 24.5. The lowest BCUT2D eigenvalue weighted by Crippen LogP contribution is -2.17. The third kappa shape index (κ3) is 4.68. The summed E-state index contributed by atoms with van der Waals surface area (Å²) in [5, 5.41) is 10.4. The molecule has 2 atom stereocenters. The predicted molar refractivity (Wildman–Crippen MR) is 129 cm³/mol. The number of nitrogens with zero attached hydrogens (tertiary/aromatic N) is 3. The number of nitrogens with one attached hydrogen (secondary N) is 2. The van der Waals surface area contributed by atoms with Gasteiger partial charge in [0, 0.05) is 35.5 Å². The normalized spacial score (nSPS) is 19.4. The van der Waals surface area contributed by atoms with E-state index in [-0.39, 0.29) is 23.4 Å². The Morgan fingerprint density at radius 1 is 1.17 bits per heavy atom. The number of methoxy groups -OCH3 is 1. The van der Waals surface area contributed by atoms with Gasteiger partial charge >= 0.3 is 0 Å². The molecule has 182 valence electrons. The lowest BCUT2D eigenvalue weighted by atomic mass is 10.1. The molecule has 2 unspecified atom stereocenters. The summed E-state index contributed by atoms with van der Waals surface area (Å²) in [7, 11) is 1.55. The van der Waals surface area contributed by atoms with Gasteiger partial charge in [-0.15, -0.1) is 0 Å². The topological polar surface area (TPSA) is 124 Å². The zero-order valence-electron chi connectivity index (χ0n) is 19.3. The molecular weight excluding hydrogens is 451 g/mol. The summed E-state index contributed by atoms with van der Waals surface area (Å²) in [6.07, 6.45) is 7.86. The van der Waals surface area contributed by atoms with Crippen LogP contribution in [0, 0.1) is 5.92 Å². The molecule has 2 amide bonds. The SMILES string of the molecule is COc1c(Nc2cc(NC(=O)C3CC3)ncc2C(N)=O)cccc1-c1cnn(C2CCCC2F)c1. The van der Waals surface area contributed by atoms with Crippen molar-refractivity contribution in [1.82, 2.24) is 14.8 Å². The van der Waals surface area contributed by atoms with E-state index in [1.54, 1.807) is 30.1 Å². The number of alkyl halides is 1. The van der Waals surface area contributed by atoms with E-state index in [4.69, 9.17) is 10.5 Å². The van der Waals surface area contributed by atoms with Crippen LogP contribution in [-0.4, -0.2) is 39.9 Å². The lowest BCUT2D eigenvalue weighted by molar-refractivity contribution is -0.117. The molecule has 0 aliphatic heterocycles. The Balaban J connectivity index is 1.46. The van der Waals surface area contributed by atoms with Crippen molar-refractivity contribution < 1.29 is 18.7 Å². The highest BCUT2D eigenvalue weighted by Gasteiger charge is 2.30. The molecule has 0 bridgehead atoms. The standard InChI is InChI=1S/C25H27FN6O3/c1-35-23-16(15-11-29-32(13-15)21-7-3-5-18(21)26)4-2-6-19(23)30-20-10-22(28-12-17(20)24(27)33)31-25(34)14-8-9-14/h2,4,6,10-14,18,21H,3,5,7-9H2,1H3,(H2,27,33)(H2,28,30,31,34). The molecule has 0 saturated heterocycles. The Morgan fingerprint density at radius 2 is 2.00 bits per heavy atom. The van der Waals surface area contributed by atoms with Crippen molar-refractivity contribution in [2.24, 2.45) is 11.7 Å². The minimum atomic E-state index is -0.897. The highest BCUT2D eigenvalue weighted by molar-refractivity contribution is 6.01. The van der Waals surface area contributed by atoms with Gasteiger partial charge in [-0.1, -0.05) is 12.1 Å². The fourth-order valence-corrected chi connectivity index (χ4v) is 4.48. The molecule has 0 radical (unpaired) electrons. The number of primary amides is 1. The number of benzene rings is 1. The van der Waals surface area contributed by atoms with Gasteiger partial charge in [-0.25, -0.2) is 9.37 Å². The summed E-state index contributed by atoms with van der Waals surface area (Å²) in [4.78, 5) is 28.4. The van der Waals surface area contributed by atoms with Crippen LogP contribution in [0.15, 0.2) is 42.9 Å². The van der Waals surface area contributed by atoms with E-state index in [9.17, 15) is 14.0 Å². The van der Waals surface area contributed by atoms with Crippen molar-refractivity contribution in [2.45, 2.75) is 44.3 Å². The van der Waals surface area contributed by atoms with Crippen LogP contribution in [0.3, 0.4) is 0 Å². The number of rotatable bonds is 8. The van der Waals surface area contributed by atoms with Crippen LogP contribution in [0.1, 0.15) is 48.5 Å². The first-order chi connectivity index (χ1) is 16.9. The molecule has 5 rings (SSSR count). The molecule has 2 aromatic heterocycles. The van der Waals surface area contributed by atoms with Crippen LogP contribution in [-0.2, 0) is 4.79 Å². The van der Waals surface area contributed by atoms with Gasteiger partial charge in [0.2, 0.25) is 5.91 Å². The third-order valence-corrected chi connectivity index (χ3v) is 6.51. The van der Waals surface area contributed by atoms with E-state index in [2.05, 4.69) is 20.7 Å². The number of pyridine rings is 1. The molecule has 0 spiro atoms. The molecule has 10 heteroatoms. The van der Waals surface area contributed by atoms with Gasteiger partial charge in [0.05, 0.1) is 36.3 Å². The second-order valence-electron chi connectivity index (χ2n) is 8.98. The summed E-state index contributed by atoms with van der Waals surface area (Å²) in [6, 6.07) is 6.85. The Kier molecular flexibility index (Phi) is 6.10. The summed E-state index contributed by atoms with van der Waals surface area (Å²) < 4.78 is 21.6. The number of nitrogens with two attached hydrogens (primary N) is 1. The van der Waals surface area contributed by atoms with Gasteiger partial charge < -0.3 is 21.1 Å². The highest BCUT2D eigenvalue weighted by Crippen LogP contribution is 2.40. The number of para-hydroxylation sites is 1. The van der Waals surface area contributed by atoms with Gasteiger partial charge in [0.1, 0.15) is 17.7 Å². The van der Waals surface area contributed by atoms with Gasteiger partial charge in [-0.05, 0) is 38.2 Å². The zero-order valence-corrected chi connectivity index (χ0v) is 19.3. The van der Waals surface area contributed by atoms with E-state index in [0.29, 0.717) is 29.4 Å². The molecule has 3 aromatic rings. The van der Waals surface area contributed by atoms with Crippen molar-refractivity contribution in [3.05, 3.63) is 48.4 Å². The smallest absolute Gasteiger partial charge is 0.252 e. The number of carbonyl (C=O) groups is 2. The number of hydrogen-bond acceptors (Lipinski definition) is 6. The van der Waals surface area contributed by atoms with Crippen molar-refractivity contribution in [2.75, 3.05) is 17.7 Å².